The number of carbonyl (C=O) groups is 2. The number of hydrogen-bond acceptors (Lipinski definition) is 7. The maximum absolute atomic E-state index is 13.9. The molecule has 2 saturated heterocycles. The summed E-state index contributed by atoms with van der Waals surface area (Å²) < 4.78 is 11.9. The number of hydrogen-bond donors (Lipinski definition) is 2. The van der Waals surface area contributed by atoms with Gasteiger partial charge in [0, 0.05) is 54.9 Å². The number of para-hydroxylation sites is 1. The number of amides is 2. The highest BCUT2D eigenvalue weighted by atomic mass is 33.1. The van der Waals surface area contributed by atoms with Crippen LogP contribution < -0.4 is 9.46 Å². The fourth-order valence-electron chi connectivity index (χ4n) is 5.97. The Balaban J connectivity index is 1.13. The van der Waals surface area contributed by atoms with Gasteiger partial charge in [-0.2, -0.15) is 0 Å². The number of carbonyl (C=O) groups excluding carboxylic acids is 2. The van der Waals surface area contributed by atoms with E-state index >= 15 is 0 Å². The molecule has 5 heterocycles. The molecule has 3 aliphatic rings. The zero-order chi connectivity index (χ0) is 28.5. The minimum absolute atomic E-state index is 0.0417. The molecule has 3 aliphatic heterocycles. The summed E-state index contributed by atoms with van der Waals surface area (Å²) in [7, 11) is 1.21. The lowest BCUT2D eigenvalue weighted by atomic mass is 10.0. The minimum atomic E-state index is -0.608. The van der Waals surface area contributed by atoms with Crippen molar-refractivity contribution in [1.29, 1.82) is 0 Å². The van der Waals surface area contributed by atoms with Crippen molar-refractivity contribution in [2.75, 3.05) is 36.8 Å². The maximum Gasteiger partial charge on any atom is 0.272 e. The topological polar surface area (TPSA) is 92.6 Å². The van der Waals surface area contributed by atoms with E-state index in [4.69, 9.17) is 9.72 Å². The number of aromatic nitrogens is 3. The average Bonchev–Trinajstić information content (AvgIpc) is 3.74. The van der Waals surface area contributed by atoms with Crippen LogP contribution in [0.25, 0.3) is 10.9 Å². The molecule has 0 bridgehead atoms. The fourth-order valence-corrected chi connectivity index (χ4v) is 9.47. The Morgan fingerprint density at radius 2 is 1.79 bits per heavy atom. The molecule has 2 aromatic heterocycles. The summed E-state index contributed by atoms with van der Waals surface area (Å²) in [6.07, 6.45) is 10.5. The van der Waals surface area contributed by atoms with Gasteiger partial charge in [0.1, 0.15) is 17.4 Å². The third kappa shape index (κ3) is 5.55. The van der Waals surface area contributed by atoms with Gasteiger partial charge in [-0.05, 0) is 68.5 Å². The van der Waals surface area contributed by atoms with Crippen LogP contribution in [-0.2, 0) is 0 Å². The molecule has 2 amide bonds. The van der Waals surface area contributed by atoms with Crippen molar-refractivity contribution < 1.29 is 14.3 Å². The lowest BCUT2D eigenvalue weighted by Crippen LogP contribution is -2.39. The van der Waals surface area contributed by atoms with Crippen LogP contribution in [0.4, 0.5) is 5.69 Å². The summed E-state index contributed by atoms with van der Waals surface area (Å²) in [6, 6.07) is 16.0. The Morgan fingerprint density at radius 3 is 2.57 bits per heavy atom. The van der Waals surface area contributed by atoms with Crippen molar-refractivity contribution in [2.45, 2.75) is 43.0 Å². The van der Waals surface area contributed by atoms with Gasteiger partial charge in [-0.25, -0.2) is 9.97 Å². The van der Waals surface area contributed by atoms with Crippen molar-refractivity contribution in [3.05, 3.63) is 78.5 Å². The van der Waals surface area contributed by atoms with Gasteiger partial charge in [0.05, 0.1) is 23.1 Å². The normalized spacial score (nSPS) is 19.9. The first-order chi connectivity index (χ1) is 20.6. The number of anilines is 1. The van der Waals surface area contributed by atoms with E-state index in [-0.39, 0.29) is 11.8 Å². The number of nitrogens with one attached hydrogen (secondary N) is 1. The first kappa shape index (κ1) is 27.2. The van der Waals surface area contributed by atoms with Gasteiger partial charge in [0.25, 0.3) is 11.8 Å². The molecule has 2 fully saturated rings. The quantitative estimate of drug-likeness (QED) is 0.209. The first-order valence-electron chi connectivity index (χ1n) is 14.6. The Labute approximate surface area is 251 Å². The molecule has 0 aliphatic carbocycles. The summed E-state index contributed by atoms with van der Waals surface area (Å²) in [5.74, 6) is 1.06. The number of rotatable bonds is 6. The monoisotopic (exact) mass is 602 g/mol. The lowest BCUT2D eigenvalue weighted by Gasteiger charge is -2.32. The molecule has 2 aromatic carbocycles. The van der Waals surface area contributed by atoms with E-state index in [0.717, 1.165) is 56.3 Å². The number of fused-ring (bicyclic) bond motifs is 2. The van der Waals surface area contributed by atoms with Gasteiger partial charge in [0.2, 0.25) is 0 Å². The highest BCUT2D eigenvalue weighted by Gasteiger charge is 2.28. The fraction of sp³-hybridized carbons (Fsp3) is 0.355. The van der Waals surface area contributed by atoms with Crippen LogP contribution >= 0.6 is 20.9 Å². The second kappa shape index (κ2) is 11.9. The third-order valence-electron chi connectivity index (χ3n) is 8.26. The second-order valence-electron chi connectivity index (χ2n) is 11.0. The summed E-state index contributed by atoms with van der Waals surface area (Å²) in [5.41, 5.74) is 2.63. The van der Waals surface area contributed by atoms with Gasteiger partial charge >= 0.3 is 0 Å². The van der Waals surface area contributed by atoms with Gasteiger partial charge in [0.15, 0.2) is 0 Å². The van der Waals surface area contributed by atoms with Gasteiger partial charge in [-0.3, -0.25) is 9.59 Å². The maximum atomic E-state index is 13.9. The van der Waals surface area contributed by atoms with Crippen LogP contribution in [0.15, 0.2) is 72.1 Å². The average molecular weight is 603 g/mol. The van der Waals surface area contributed by atoms with E-state index < -0.39 is 10.1 Å². The third-order valence-corrected chi connectivity index (χ3v) is 11.7. The van der Waals surface area contributed by atoms with E-state index in [1.54, 1.807) is 12.3 Å². The molecule has 0 spiro atoms. The molecule has 1 unspecified atom stereocenters. The van der Waals surface area contributed by atoms with E-state index in [2.05, 4.69) is 26.4 Å². The van der Waals surface area contributed by atoms with E-state index in [1.165, 1.54) is 4.90 Å². The van der Waals surface area contributed by atoms with Gasteiger partial charge in [-0.15, -0.1) is 0 Å². The number of likely N-dealkylation sites (tertiary alicyclic amines) is 2. The number of nitrogens with zero attached hydrogens (tertiary/aromatic N) is 5. The first-order valence-corrected chi connectivity index (χ1v) is 17.5. The van der Waals surface area contributed by atoms with Crippen LogP contribution in [0.2, 0.25) is 0 Å². The summed E-state index contributed by atoms with van der Waals surface area (Å²) in [5, 5.41) is 0.724. The molecule has 0 radical (unpaired) electrons. The molecule has 218 valence electrons. The number of benzene rings is 2. The molecule has 11 heteroatoms. The standard InChI is InChI=1S/C31H34N6O3S2/c38-30(35-13-4-1-5-14-35)25-19-28(31(39)36-15-10-22(11-16-36)37-17-12-32-20-37)33-26-9-8-23(18-24(25)26)40-21-42-34-27-6-2-3-7-29(27)41-42/h2-3,6-9,12,17-20,22,34,42H,1,4-5,10-11,13-16,21H2. The molecule has 7 rings (SSSR count). The SMILES string of the molecule is O=C(c1cc(C(=O)N2CCCCC2)c2cc(OC[SH]3Nc4ccccc4S3)ccc2n1)N1CCC(n2ccnc2)CC1. The molecule has 4 aromatic rings. The van der Waals surface area contributed by atoms with E-state index in [9.17, 15) is 9.59 Å². The van der Waals surface area contributed by atoms with E-state index in [1.807, 2.05) is 63.4 Å². The highest BCUT2D eigenvalue weighted by molar-refractivity contribution is 8.86. The summed E-state index contributed by atoms with van der Waals surface area (Å²) in [4.78, 5) is 41.5. The Hall–Kier alpha value is -3.70. The molecule has 0 saturated carbocycles. The van der Waals surface area contributed by atoms with Crippen LogP contribution in [0.3, 0.4) is 0 Å². The van der Waals surface area contributed by atoms with Crippen molar-refractivity contribution in [3.63, 3.8) is 0 Å². The van der Waals surface area contributed by atoms with Crippen molar-refractivity contribution in [1.82, 2.24) is 24.3 Å². The van der Waals surface area contributed by atoms with Gasteiger partial charge < -0.3 is 23.8 Å². The minimum Gasteiger partial charge on any atom is -0.482 e. The number of thiol groups is 1. The van der Waals surface area contributed by atoms with Gasteiger partial charge in [-0.1, -0.05) is 33.0 Å². The molecule has 1 N–H and O–H groups in total. The summed E-state index contributed by atoms with van der Waals surface area (Å²) >= 11 is 0. The molecular formula is C31H34N6O3S2. The number of piperidine rings is 2. The van der Waals surface area contributed by atoms with Crippen LogP contribution in [-0.4, -0.2) is 68.3 Å². The Kier molecular flexibility index (Phi) is 7.69. The number of pyridine rings is 1. The number of imidazole rings is 1. The second-order valence-corrected chi connectivity index (χ2v) is 14.7. The highest BCUT2D eigenvalue weighted by Crippen LogP contribution is 2.54. The lowest BCUT2D eigenvalue weighted by molar-refractivity contribution is 0.0689. The van der Waals surface area contributed by atoms with Crippen molar-refractivity contribution >= 4 is 49.3 Å². The smallest absolute Gasteiger partial charge is 0.272 e. The zero-order valence-electron chi connectivity index (χ0n) is 23.3. The molecule has 42 heavy (non-hydrogen) atoms. The molecule has 9 nitrogen and oxygen atoms in total. The zero-order valence-corrected chi connectivity index (χ0v) is 25.0. The number of ether oxygens (including phenoxy) is 1. The van der Waals surface area contributed by atoms with Crippen molar-refractivity contribution in [2.24, 2.45) is 0 Å². The largest absolute Gasteiger partial charge is 0.482 e. The van der Waals surface area contributed by atoms with Crippen LogP contribution in [0.1, 0.15) is 59.0 Å². The van der Waals surface area contributed by atoms with E-state index in [0.29, 0.717) is 47.6 Å². The van der Waals surface area contributed by atoms with Crippen LogP contribution in [0, 0.1) is 0 Å². The predicted molar refractivity (Wildman–Crippen MR) is 168 cm³/mol. The van der Waals surface area contributed by atoms with Crippen LogP contribution in [0.5, 0.6) is 5.75 Å². The Morgan fingerprint density at radius 1 is 0.976 bits per heavy atom. The predicted octanol–water partition coefficient (Wildman–Crippen LogP) is 5.92. The summed E-state index contributed by atoms with van der Waals surface area (Å²) in [6.45, 7) is 2.75. The molecular weight excluding hydrogens is 569 g/mol. The Bertz CT molecular complexity index is 1570. The molecule has 1 atom stereocenters. The van der Waals surface area contributed by atoms with Crippen molar-refractivity contribution in [3.8, 4) is 5.75 Å².